The maximum Gasteiger partial charge on any atom is 0.136 e. The van der Waals surface area contributed by atoms with Gasteiger partial charge in [-0.25, -0.2) is 0 Å². The highest BCUT2D eigenvalue weighted by molar-refractivity contribution is 14.1. The molecule has 5 heteroatoms. The number of hydrogen-bond acceptors (Lipinski definition) is 3. The predicted octanol–water partition coefficient (Wildman–Crippen LogP) is 8.11. The number of benzene rings is 1. The Morgan fingerprint density at radius 2 is 1.48 bits per heavy atom. The molecule has 0 unspecified atom stereocenters. The molecule has 0 bridgehead atoms. The molecule has 0 amide bonds. The minimum atomic E-state index is -1.68. The van der Waals surface area contributed by atoms with E-state index < -0.39 is 8.07 Å². The Hall–Kier alpha value is -1.18. The SMILES string of the molecule is CCCCCCOc1cc(C#C[Si](C)(C)CCCC#N)c(OCCCCCC)cc1I. The van der Waals surface area contributed by atoms with Crippen molar-refractivity contribution in [2.45, 2.75) is 97.2 Å². The maximum atomic E-state index is 8.82. The van der Waals surface area contributed by atoms with Gasteiger partial charge in [-0.3, -0.25) is 0 Å². The lowest BCUT2D eigenvalue weighted by Gasteiger charge is -2.15. The van der Waals surface area contributed by atoms with Gasteiger partial charge in [-0.2, -0.15) is 5.26 Å². The van der Waals surface area contributed by atoms with Crippen molar-refractivity contribution in [3.05, 3.63) is 21.3 Å². The number of nitriles is 1. The molecule has 3 nitrogen and oxygen atoms in total. The summed E-state index contributed by atoms with van der Waals surface area (Å²) >= 11 is 2.34. The zero-order valence-corrected chi connectivity index (χ0v) is 23.1. The second kappa shape index (κ2) is 16.5. The maximum absolute atomic E-state index is 8.82. The van der Waals surface area contributed by atoms with Crippen molar-refractivity contribution in [3.8, 4) is 29.0 Å². The van der Waals surface area contributed by atoms with Crippen LogP contribution >= 0.6 is 22.6 Å². The molecule has 0 atom stereocenters. The summed E-state index contributed by atoms with van der Waals surface area (Å²) in [5.41, 5.74) is 4.49. The van der Waals surface area contributed by atoms with Crippen molar-refractivity contribution in [3.63, 3.8) is 0 Å². The van der Waals surface area contributed by atoms with Gasteiger partial charge in [0.15, 0.2) is 0 Å². The molecule has 1 rings (SSSR count). The van der Waals surface area contributed by atoms with E-state index in [1.165, 1.54) is 38.5 Å². The quantitative estimate of drug-likeness (QED) is 0.0954. The molecule has 172 valence electrons. The highest BCUT2D eigenvalue weighted by Crippen LogP contribution is 2.30. The number of halogens is 1. The zero-order chi connectivity index (χ0) is 23.0. The largest absolute Gasteiger partial charge is 0.492 e. The van der Waals surface area contributed by atoms with E-state index in [2.05, 4.69) is 79.2 Å². The summed E-state index contributed by atoms with van der Waals surface area (Å²) in [6.45, 7) is 10.5. The van der Waals surface area contributed by atoms with Crippen molar-refractivity contribution in [1.29, 1.82) is 5.26 Å². The third-order valence-corrected chi connectivity index (χ3v) is 8.42. The molecule has 0 aliphatic rings. The first-order valence-corrected chi connectivity index (χ1v) is 16.2. The van der Waals surface area contributed by atoms with Crippen LogP contribution in [0.3, 0.4) is 0 Å². The number of hydrogen-bond donors (Lipinski definition) is 0. The van der Waals surface area contributed by atoms with E-state index in [4.69, 9.17) is 14.7 Å². The molecule has 0 aliphatic carbocycles. The first-order valence-electron chi connectivity index (χ1n) is 11.9. The molecular weight excluding hydrogens is 513 g/mol. The van der Waals surface area contributed by atoms with Crippen LogP contribution in [0.4, 0.5) is 0 Å². The van der Waals surface area contributed by atoms with Gasteiger partial charge in [0.1, 0.15) is 19.6 Å². The highest BCUT2D eigenvalue weighted by atomic mass is 127. The first kappa shape index (κ1) is 27.9. The predicted molar refractivity (Wildman–Crippen MR) is 142 cm³/mol. The molecule has 31 heavy (non-hydrogen) atoms. The zero-order valence-electron chi connectivity index (χ0n) is 20.0. The van der Waals surface area contributed by atoms with E-state index in [1.54, 1.807) is 0 Å². The topological polar surface area (TPSA) is 42.2 Å². The monoisotopic (exact) mass is 553 g/mol. The molecule has 1 aromatic rings. The van der Waals surface area contributed by atoms with Gasteiger partial charge < -0.3 is 9.47 Å². The van der Waals surface area contributed by atoms with Gasteiger partial charge in [0.25, 0.3) is 0 Å². The van der Waals surface area contributed by atoms with Crippen molar-refractivity contribution < 1.29 is 9.47 Å². The number of rotatable bonds is 15. The molecule has 0 saturated heterocycles. The van der Waals surface area contributed by atoms with Gasteiger partial charge in [0.2, 0.25) is 0 Å². The molecule has 0 aliphatic heterocycles. The Labute approximate surface area is 205 Å². The van der Waals surface area contributed by atoms with Gasteiger partial charge in [0.05, 0.1) is 28.4 Å². The Bertz CT molecular complexity index is 746. The van der Waals surface area contributed by atoms with Crippen LogP contribution in [-0.2, 0) is 0 Å². The van der Waals surface area contributed by atoms with Crippen molar-refractivity contribution in [2.75, 3.05) is 13.2 Å². The Balaban J connectivity index is 2.95. The molecule has 0 N–H and O–H groups in total. The standard InChI is InChI=1S/C26H40INO2Si/c1-5-7-9-12-17-29-25-22-24(27)26(30-18-13-10-8-6-2)21-23(25)15-20-31(3,4)19-14-11-16-28/h21-22H,5-14,17-19H2,1-4H3. The Kier molecular flexibility index (Phi) is 14.8. The fraction of sp³-hybridized carbons (Fsp3) is 0.654. The Morgan fingerprint density at radius 1 is 0.871 bits per heavy atom. The van der Waals surface area contributed by atoms with Gasteiger partial charge in [-0.15, -0.1) is 5.54 Å². The van der Waals surface area contributed by atoms with Crippen LogP contribution in [0, 0.1) is 26.4 Å². The normalized spacial score (nSPS) is 10.8. The van der Waals surface area contributed by atoms with Crippen molar-refractivity contribution in [1.82, 2.24) is 0 Å². The third kappa shape index (κ3) is 12.4. The smallest absolute Gasteiger partial charge is 0.136 e. The summed E-state index contributed by atoms with van der Waals surface area (Å²) in [6.07, 6.45) is 11.1. The third-order valence-electron chi connectivity index (χ3n) is 5.17. The molecule has 0 saturated carbocycles. The first-order chi connectivity index (χ1) is 14.9. The molecule has 0 spiro atoms. The van der Waals surface area contributed by atoms with Crippen molar-refractivity contribution >= 4 is 30.7 Å². The van der Waals surface area contributed by atoms with E-state index in [0.717, 1.165) is 59.2 Å². The molecule has 0 aromatic heterocycles. The van der Waals surface area contributed by atoms with Crippen LogP contribution in [0.1, 0.15) is 83.6 Å². The lowest BCUT2D eigenvalue weighted by Crippen LogP contribution is -2.22. The highest BCUT2D eigenvalue weighted by Gasteiger charge is 2.18. The van der Waals surface area contributed by atoms with Gasteiger partial charge in [-0.1, -0.05) is 71.4 Å². The summed E-state index contributed by atoms with van der Waals surface area (Å²) in [7, 11) is -1.68. The Morgan fingerprint density at radius 3 is 2.06 bits per heavy atom. The van der Waals surface area contributed by atoms with Crippen LogP contribution in [0.25, 0.3) is 0 Å². The van der Waals surface area contributed by atoms with Gasteiger partial charge in [-0.05, 0) is 54.0 Å². The fourth-order valence-electron chi connectivity index (χ4n) is 3.19. The molecular formula is C26H40INO2Si. The second-order valence-electron chi connectivity index (χ2n) is 8.74. The van der Waals surface area contributed by atoms with Crippen LogP contribution in [0.15, 0.2) is 12.1 Å². The van der Waals surface area contributed by atoms with Crippen LogP contribution in [0.5, 0.6) is 11.5 Å². The summed E-state index contributed by atoms with van der Waals surface area (Å²) in [4.78, 5) is 0. The van der Waals surface area contributed by atoms with Gasteiger partial charge >= 0.3 is 0 Å². The average Bonchev–Trinajstić information content (AvgIpc) is 2.74. The van der Waals surface area contributed by atoms with E-state index >= 15 is 0 Å². The van der Waals surface area contributed by atoms with Gasteiger partial charge in [0, 0.05) is 12.5 Å². The van der Waals surface area contributed by atoms with E-state index in [9.17, 15) is 0 Å². The fourth-order valence-corrected chi connectivity index (χ4v) is 5.45. The molecule has 1 aromatic carbocycles. The molecule has 0 radical (unpaired) electrons. The summed E-state index contributed by atoms with van der Waals surface area (Å²) in [5, 5.41) is 8.82. The number of nitrogens with zero attached hydrogens (tertiary/aromatic N) is 1. The minimum absolute atomic E-state index is 0.615. The lowest BCUT2D eigenvalue weighted by atomic mass is 10.2. The van der Waals surface area contributed by atoms with Crippen LogP contribution in [-0.4, -0.2) is 21.3 Å². The molecule has 0 fully saturated rings. The van der Waals surface area contributed by atoms with Crippen molar-refractivity contribution in [2.24, 2.45) is 0 Å². The number of ether oxygens (including phenoxy) is 2. The minimum Gasteiger partial charge on any atom is -0.492 e. The van der Waals surface area contributed by atoms with E-state index in [1.807, 2.05) is 0 Å². The van der Waals surface area contributed by atoms with Crippen LogP contribution < -0.4 is 9.47 Å². The summed E-state index contributed by atoms with van der Waals surface area (Å²) in [5.74, 6) is 5.21. The summed E-state index contributed by atoms with van der Waals surface area (Å²) in [6, 6.07) is 7.44. The second-order valence-corrected chi connectivity index (χ2v) is 14.4. The molecule has 0 heterocycles. The summed E-state index contributed by atoms with van der Waals surface area (Å²) < 4.78 is 13.3. The van der Waals surface area contributed by atoms with E-state index in [-0.39, 0.29) is 0 Å². The number of unbranched alkanes of at least 4 members (excludes halogenated alkanes) is 7. The lowest BCUT2D eigenvalue weighted by molar-refractivity contribution is 0.294. The average molecular weight is 554 g/mol. The van der Waals surface area contributed by atoms with Crippen LogP contribution in [0.2, 0.25) is 19.1 Å². The van der Waals surface area contributed by atoms with E-state index in [0.29, 0.717) is 6.42 Å².